The summed E-state index contributed by atoms with van der Waals surface area (Å²) in [7, 11) is 0. The van der Waals surface area contributed by atoms with Gasteiger partial charge in [-0.15, -0.1) is 0 Å². The van der Waals surface area contributed by atoms with Crippen LogP contribution in [0.4, 0.5) is 4.79 Å². The SMILES string of the molecule is CC(=O)OCNC(=O)CNC(=O)OCC1c2ccccc2-c2ccccc21. The van der Waals surface area contributed by atoms with Gasteiger partial charge < -0.3 is 20.1 Å². The molecule has 0 spiro atoms. The molecule has 1 aliphatic carbocycles. The minimum Gasteiger partial charge on any atom is -0.449 e. The van der Waals surface area contributed by atoms with Gasteiger partial charge in [-0.05, 0) is 22.3 Å². The van der Waals surface area contributed by atoms with Gasteiger partial charge in [-0.3, -0.25) is 9.59 Å². The fourth-order valence-corrected chi connectivity index (χ4v) is 3.08. The van der Waals surface area contributed by atoms with E-state index in [0.29, 0.717) is 0 Å². The highest BCUT2D eigenvalue weighted by Gasteiger charge is 2.28. The van der Waals surface area contributed by atoms with Crippen molar-refractivity contribution in [1.29, 1.82) is 0 Å². The lowest BCUT2D eigenvalue weighted by Crippen LogP contribution is -2.38. The quantitative estimate of drug-likeness (QED) is 0.602. The Morgan fingerprint density at radius 2 is 1.48 bits per heavy atom. The summed E-state index contributed by atoms with van der Waals surface area (Å²) in [6.45, 7) is 0.911. The Balaban J connectivity index is 1.52. The number of hydrogen-bond donors (Lipinski definition) is 2. The monoisotopic (exact) mass is 368 g/mol. The van der Waals surface area contributed by atoms with Gasteiger partial charge in [-0.1, -0.05) is 48.5 Å². The number of esters is 1. The Morgan fingerprint density at radius 1 is 0.889 bits per heavy atom. The molecule has 7 nitrogen and oxygen atoms in total. The summed E-state index contributed by atoms with van der Waals surface area (Å²) < 4.78 is 9.90. The number of hydrogen-bond acceptors (Lipinski definition) is 5. The van der Waals surface area contributed by atoms with Crippen molar-refractivity contribution in [2.75, 3.05) is 19.9 Å². The summed E-state index contributed by atoms with van der Waals surface area (Å²) in [5, 5.41) is 4.72. The number of amides is 2. The molecule has 0 aliphatic heterocycles. The van der Waals surface area contributed by atoms with Crippen molar-refractivity contribution in [3.05, 3.63) is 59.7 Å². The Kier molecular flexibility index (Phi) is 5.71. The molecule has 2 amide bonds. The highest BCUT2D eigenvalue weighted by Crippen LogP contribution is 2.44. The van der Waals surface area contributed by atoms with Gasteiger partial charge in [0.05, 0.1) is 0 Å². The number of ether oxygens (including phenoxy) is 2. The number of benzene rings is 2. The second kappa shape index (κ2) is 8.35. The lowest BCUT2D eigenvalue weighted by atomic mass is 9.98. The Morgan fingerprint density at radius 3 is 2.07 bits per heavy atom. The number of rotatable bonds is 6. The molecule has 0 unspecified atom stereocenters. The molecule has 0 saturated heterocycles. The molecule has 2 aromatic rings. The summed E-state index contributed by atoms with van der Waals surface area (Å²) in [6.07, 6.45) is -0.681. The minimum absolute atomic E-state index is 0.0408. The van der Waals surface area contributed by atoms with E-state index < -0.39 is 18.0 Å². The van der Waals surface area contributed by atoms with Crippen molar-refractivity contribution in [2.24, 2.45) is 0 Å². The van der Waals surface area contributed by atoms with Crippen LogP contribution in [0.2, 0.25) is 0 Å². The first-order chi connectivity index (χ1) is 13.1. The van der Waals surface area contributed by atoms with E-state index in [4.69, 9.17) is 4.74 Å². The van der Waals surface area contributed by atoms with Crippen molar-refractivity contribution in [2.45, 2.75) is 12.8 Å². The van der Waals surface area contributed by atoms with E-state index >= 15 is 0 Å². The lowest BCUT2D eigenvalue weighted by molar-refractivity contribution is -0.142. The summed E-state index contributed by atoms with van der Waals surface area (Å²) in [6, 6.07) is 16.1. The molecule has 0 radical (unpaired) electrons. The molecule has 0 aromatic heterocycles. The van der Waals surface area contributed by atoms with Crippen LogP contribution >= 0.6 is 0 Å². The molecule has 140 valence electrons. The first-order valence-electron chi connectivity index (χ1n) is 8.55. The molecule has 0 atom stereocenters. The highest BCUT2D eigenvalue weighted by atomic mass is 16.5. The summed E-state index contributed by atoms with van der Waals surface area (Å²) in [5.74, 6) is -1.02. The van der Waals surface area contributed by atoms with Crippen molar-refractivity contribution in [3.8, 4) is 11.1 Å². The first kappa shape index (κ1) is 18.4. The maximum atomic E-state index is 11.9. The summed E-state index contributed by atoms with van der Waals surface area (Å²) in [5.41, 5.74) is 4.52. The van der Waals surface area contributed by atoms with Gasteiger partial charge in [0.1, 0.15) is 13.2 Å². The van der Waals surface area contributed by atoms with Crippen LogP contribution in [-0.4, -0.2) is 37.9 Å². The van der Waals surface area contributed by atoms with Gasteiger partial charge in [-0.2, -0.15) is 0 Å². The highest BCUT2D eigenvalue weighted by molar-refractivity contribution is 5.82. The van der Waals surface area contributed by atoms with E-state index in [2.05, 4.69) is 27.5 Å². The molecule has 3 rings (SSSR count). The zero-order valence-electron chi connectivity index (χ0n) is 14.9. The summed E-state index contributed by atoms with van der Waals surface area (Å²) >= 11 is 0. The smallest absolute Gasteiger partial charge is 0.407 e. The van der Waals surface area contributed by atoms with Crippen molar-refractivity contribution >= 4 is 18.0 Å². The number of carbonyl (C=O) groups excluding carboxylic acids is 3. The molecule has 2 aromatic carbocycles. The van der Waals surface area contributed by atoms with Crippen molar-refractivity contribution in [1.82, 2.24) is 10.6 Å². The molecule has 27 heavy (non-hydrogen) atoms. The molecule has 0 fully saturated rings. The van der Waals surface area contributed by atoms with Crippen LogP contribution in [0, 0.1) is 0 Å². The Bertz CT molecular complexity index is 819. The maximum absolute atomic E-state index is 11.9. The van der Waals surface area contributed by atoms with Crippen LogP contribution in [0.25, 0.3) is 11.1 Å². The van der Waals surface area contributed by atoms with Crippen LogP contribution in [-0.2, 0) is 19.1 Å². The predicted octanol–water partition coefficient (Wildman–Crippen LogP) is 2.16. The standard InChI is InChI=1S/C20H20N2O5/c1-13(23)27-12-22-19(24)10-21-20(25)26-11-18-16-8-4-2-6-14(16)15-7-3-5-9-17(15)18/h2-9,18H,10-12H2,1H3,(H,21,25)(H,22,24). The maximum Gasteiger partial charge on any atom is 0.407 e. The second-order valence-corrected chi connectivity index (χ2v) is 6.06. The largest absolute Gasteiger partial charge is 0.449 e. The second-order valence-electron chi connectivity index (χ2n) is 6.06. The van der Waals surface area contributed by atoms with E-state index in [1.807, 2.05) is 36.4 Å². The Hall–Kier alpha value is -3.35. The normalized spacial score (nSPS) is 11.9. The third-order valence-corrected chi connectivity index (χ3v) is 4.28. The number of fused-ring (bicyclic) bond motifs is 3. The average molecular weight is 368 g/mol. The van der Waals surface area contributed by atoms with E-state index in [1.165, 1.54) is 6.92 Å². The van der Waals surface area contributed by atoms with Crippen LogP contribution in [0.15, 0.2) is 48.5 Å². The topological polar surface area (TPSA) is 93.7 Å². The van der Waals surface area contributed by atoms with Crippen molar-refractivity contribution in [3.63, 3.8) is 0 Å². The predicted molar refractivity (Wildman–Crippen MR) is 97.8 cm³/mol. The van der Waals surface area contributed by atoms with E-state index in [0.717, 1.165) is 22.3 Å². The first-order valence-corrected chi connectivity index (χ1v) is 8.55. The molecular formula is C20H20N2O5. The molecule has 0 saturated carbocycles. The van der Waals surface area contributed by atoms with Crippen LogP contribution in [0.1, 0.15) is 24.0 Å². The van der Waals surface area contributed by atoms with Crippen molar-refractivity contribution < 1.29 is 23.9 Å². The third kappa shape index (κ3) is 4.44. The fourth-order valence-electron chi connectivity index (χ4n) is 3.08. The number of carbonyl (C=O) groups is 3. The molecule has 2 N–H and O–H groups in total. The van der Waals surface area contributed by atoms with E-state index in [9.17, 15) is 14.4 Å². The fraction of sp³-hybridized carbons (Fsp3) is 0.250. The average Bonchev–Trinajstić information content (AvgIpc) is 2.98. The van der Waals surface area contributed by atoms with Gasteiger partial charge in [0.2, 0.25) is 5.91 Å². The van der Waals surface area contributed by atoms with Gasteiger partial charge in [0.15, 0.2) is 6.73 Å². The molecule has 0 heterocycles. The molecular weight excluding hydrogens is 348 g/mol. The minimum atomic E-state index is -0.681. The zero-order chi connectivity index (χ0) is 19.2. The van der Waals surface area contributed by atoms with Crippen LogP contribution < -0.4 is 10.6 Å². The molecule has 7 heteroatoms. The van der Waals surface area contributed by atoms with Gasteiger partial charge in [-0.25, -0.2) is 4.79 Å². The molecule has 1 aliphatic rings. The van der Waals surface area contributed by atoms with E-state index in [-0.39, 0.29) is 25.8 Å². The van der Waals surface area contributed by atoms with E-state index in [1.54, 1.807) is 0 Å². The Labute approximate surface area is 156 Å². The van der Waals surface area contributed by atoms with Gasteiger partial charge in [0, 0.05) is 12.8 Å². The van der Waals surface area contributed by atoms with Gasteiger partial charge >= 0.3 is 12.1 Å². The zero-order valence-corrected chi connectivity index (χ0v) is 14.9. The number of nitrogens with one attached hydrogen (secondary N) is 2. The van der Waals surface area contributed by atoms with Gasteiger partial charge in [0.25, 0.3) is 0 Å². The van der Waals surface area contributed by atoms with Crippen LogP contribution in [0.5, 0.6) is 0 Å². The lowest BCUT2D eigenvalue weighted by Gasteiger charge is -2.14. The number of alkyl carbamates (subject to hydrolysis) is 1. The summed E-state index contributed by atoms with van der Waals surface area (Å²) in [4.78, 5) is 34.1. The molecule has 0 bridgehead atoms. The van der Waals surface area contributed by atoms with Crippen LogP contribution in [0.3, 0.4) is 0 Å². The third-order valence-electron chi connectivity index (χ3n) is 4.28.